The van der Waals surface area contributed by atoms with E-state index in [-0.39, 0.29) is 16.6 Å². The number of hydrogen-bond acceptors (Lipinski definition) is 3. The second kappa shape index (κ2) is 6.83. The summed E-state index contributed by atoms with van der Waals surface area (Å²) in [7, 11) is -3.73. The summed E-state index contributed by atoms with van der Waals surface area (Å²) >= 11 is 0. The summed E-state index contributed by atoms with van der Waals surface area (Å²) in [4.78, 5) is 0. The van der Waals surface area contributed by atoms with Crippen LogP contribution in [0.2, 0.25) is 0 Å². The van der Waals surface area contributed by atoms with Gasteiger partial charge in [-0.3, -0.25) is 0 Å². The molecule has 0 N–H and O–H groups in total. The molecule has 0 amide bonds. The minimum atomic E-state index is -3.73. The van der Waals surface area contributed by atoms with E-state index >= 15 is 0 Å². The quantitative estimate of drug-likeness (QED) is 0.705. The lowest BCUT2D eigenvalue weighted by Crippen LogP contribution is -2.19. The molecule has 2 aromatic carbocycles. The van der Waals surface area contributed by atoms with E-state index in [4.69, 9.17) is 4.18 Å². The molecule has 0 fully saturated rings. The standard InChI is InChI=1S/C21H28O3S/c1-20(2,3)17-12-13-18(21(4,5)6)19(14-17)24-25(22,23)15-16-10-8-7-9-11-16/h7-14H,15H2,1-6H3. The molecule has 3 nitrogen and oxygen atoms in total. The molecule has 0 bridgehead atoms. The van der Waals surface area contributed by atoms with Crippen molar-refractivity contribution >= 4 is 10.1 Å². The highest BCUT2D eigenvalue weighted by atomic mass is 32.2. The van der Waals surface area contributed by atoms with E-state index < -0.39 is 10.1 Å². The molecule has 0 heterocycles. The van der Waals surface area contributed by atoms with E-state index in [1.54, 1.807) is 12.1 Å². The van der Waals surface area contributed by atoms with Crippen LogP contribution in [0.3, 0.4) is 0 Å². The van der Waals surface area contributed by atoms with Crippen molar-refractivity contribution in [2.24, 2.45) is 0 Å². The Balaban J connectivity index is 2.42. The molecular weight excluding hydrogens is 332 g/mol. The predicted octanol–water partition coefficient (Wildman–Crippen LogP) is 5.19. The van der Waals surface area contributed by atoms with Gasteiger partial charge in [-0.25, -0.2) is 0 Å². The maximum atomic E-state index is 12.6. The van der Waals surface area contributed by atoms with Gasteiger partial charge in [0, 0.05) is 5.56 Å². The molecule has 25 heavy (non-hydrogen) atoms. The van der Waals surface area contributed by atoms with Crippen LogP contribution in [0.25, 0.3) is 0 Å². The fourth-order valence-corrected chi connectivity index (χ4v) is 3.69. The number of hydrogen-bond donors (Lipinski definition) is 0. The van der Waals surface area contributed by atoms with Crippen LogP contribution in [0.4, 0.5) is 0 Å². The minimum absolute atomic E-state index is 0.0856. The molecule has 2 rings (SSSR count). The first-order valence-corrected chi connectivity index (χ1v) is 10.1. The molecule has 0 spiro atoms. The highest BCUT2D eigenvalue weighted by molar-refractivity contribution is 7.86. The molecule has 0 saturated carbocycles. The summed E-state index contributed by atoms with van der Waals surface area (Å²) in [5, 5.41) is 0. The van der Waals surface area contributed by atoms with Crippen LogP contribution in [0, 0.1) is 0 Å². The zero-order valence-electron chi connectivity index (χ0n) is 16.0. The third-order valence-electron chi connectivity index (χ3n) is 4.06. The molecule has 4 heteroatoms. The van der Waals surface area contributed by atoms with Gasteiger partial charge in [-0.2, -0.15) is 8.42 Å². The molecule has 0 aromatic heterocycles. The molecule has 0 saturated heterocycles. The monoisotopic (exact) mass is 360 g/mol. The van der Waals surface area contributed by atoms with E-state index in [1.807, 2.05) is 30.3 Å². The fourth-order valence-electron chi connectivity index (χ4n) is 2.62. The SMILES string of the molecule is CC(C)(C)c1ccc(C(C)(C)C)c(OS(=O)(=O)Cc2ccccc2)c1. The number of rotatable bonds is 4. The van der Waals surface area contributed by atoms with Gasteiger partial charge in [-0.05, 0) is 28.0 Å². The van der Waals surface area contributed by atoms with Crippen molar-refractivity contribution < 1.29 is 12.6 Å². The van der Waals surface area contributed by atoms with Crippen molar-refractivity contribution in [3.8, 4) is 5.75 Å². The van der Waals surface area contributed by atoms with Crippen LogP contribution in [-0.4, -0.2) is 8.42 Å². The molecule has 136 valence electrons. The van der Waals surface area contributed by atoms with Gasteiger partial charge in [0.15, 0.2) is 0 Å². The van der Waals surface area contributed by atoms with Crippen LogP contribution in [0.15, 0.2) is 48.5 Å². The van der Waals surface area contributed by atoms with E-state index in [1.165, 1.54) is 0 Å². The van der Waals surface area contributed by atoms with E-state index in [9.17, 15) is 8.42 Å². The Labute approximate surface area is 152 Å². The predicted molar refractivity (Wildman–Crippen MR) is 104 cm³/mol. The average Bonchev–Trinajstić information content (AvgIpc) is 2.45. The Bertz CT molecular complexity index is 824. The van der Waals surface area contributed by atoms with E-state index in [0.29, 0.717) is 11.3 Å². The minimum Gasteiger partial charge on any atom is -0.382 e. The van der Waals surface area contributed by atoms with Crippen LogP contribution in [0.1, 0.15) is 58.2 Å². The van der Waals surface area contributed by atoms with E-state index in [0.717, 1.165) is 11.1 Å². The summed E-state index contributed by atoms with van der Waals surface area (Å²) in [6.45, 7) is 12.4. The van der Waals surface area contributed by atoms with Gasteiger partial charge < -0.3 is 4.18 Å². The Morgan fingerprint density at radius 2 is 1.44 bits per heavy atom. The topological polar surface area (TPSA) is 43.4 Å². The van der Waals surface area contributed by atoms with Crippen molar-refractivity contribution in [3.63, 3.8) is 0 Å². The Morgan fingerprint density at radius 1 is 0.840 bits per heavy atom. The second-order valence-corrected chi connectivity index (χ2v) is 10.1. The fraction of sp³-hybridized carbons (Fsp3) is 0.429. The smallest absolute Gasteiger partial charge is 0.313 e. The largest absolute Gasteiger partial charge is 0.382 e. The first-order valence-electron chi connectivity index (χ1n) is 8.50. The van der Waals surface area contributed by atoms with Crippen LogP contribution >= 0.6 is 0 Å². The van der Waals surface area contributed by atoms with Gasteiger partial charge in [-0.15, -0.1) is 0 Å². The Morgan fingerprint density at radius 3 is 1.96 bits per heavy atom. The molecule has 0 radical (unpaired) electrons. The van der Waals surface area contributed by atoms with E-state index in [2.05, 4.69) is 47.6 Å². The molecular formula is C21H28O3S. The molecule has 0 aliphatic rings. The molecule has 0 unspecified atom stereocenters. The van der Waals surface area contributed by atoms with Crippen molar-refractivity contribution in [2.75, 3.05) is 0 Å². The normalized spacial score (nSPS) is 12.9. The maximum absolute atomic E-state index is 12.6. The van der Waals surface area contributed by atoms with Gasteiger partial charge in [-0.1, -0.05) is 84.0 Å². The van der Waals surface area contributed by atoms with Gasteiger partial charge in [0.25, 0.3) is 0 Å². The van der Waals surface area contributed by atoms with Crippen LogP contribution in [-0.2, 0) is 26.7 Å². The lowest BCUT2D eigenvalue weighted by molar-refractivity contribution is 0.467. The van der Waals surface area contributed by atoms with Crippen LogP contribution < -0.4 is 4.18 Å². The lowest BCUT2D eigenvalue weighted by Gasteiger charge is -2.26. The summed E-state index contributed by atoms with van der Waals surface area (Å²) in [6, 6.07) is 15.0. The zero-order chi connectivity index (χ0) is 18.9. The number of benzene rings is 2. The first kappa shape index (κ1) is 19.5. The highest BCUT2D eigenvalue weighted by Crippen LogP contribution is 2.36. The third kappa shape index (κ3) is 5.33. The van der Waals surface area contributed by atoms with Crippen molar-refractivity contribution in [2.45, 2.75) is 58.1 Å². The van der Waals surface area contributed by atoms with Gasteiger partial charge in [0.1, 0.15) is 11.5 Å². The maximum Gasteiger partial charge on any atom is 0.313 e. The first-order chi connectivity index (χ1) is 11.4. The van der Waals surface area contributed by atoms with Gasteiger partial charge in [0.2, 0.25) is 0 Å². The second-order valence-electron chi connectivity index (χ2n) is 8.48. The molecule has 2 aromatic rings. The third-order valence-corrected chi connectivity index (χ3v) is 5.18. The summed E-state index contributed by atoms with van der Waals surface area (Å²) < 4.78 is 30.7. The van der Waals surface area contributed by atoms with Gasteiger partial charge >= 0.3 is 10.1 Å². The molecule has 0 aliphatic carbocycles. The summed E-state index contributed by atoms with van der Waals surface area (Å²) in [5.74, 6) is 0.285. The van der Waals surface area contributed by atoms with Crippen molar-refractivity contribution in [1.29, 1.82) is 0 Å². The van der Waals surface area contributed by atoms with Crippen LogP contribution in [0.5, 0.6) is 5.75 Å². The Hall–Kier alpha value is -1.81. The average molecular weight is 361 g/mol. The highest BCUT2D eigenvalue weighted by Gasteiger charge is 2.25. The summed E-state index contributed by atoms with van der Waals surface area (Å²) in [6.07, 6.45) is 0. The van der Waals surface area contributed by atoms with Crippen molar-refractivity contribution in [3.05, 3.63) is 65.2 Å². The lowest BCUT2D eigenvalue weighted by atomic mass is 9.81. The Kier molecular flexibility index (Phi) is 5.33. The van der Waals surface area contributed by atoms with Crippen molar-refractivity contribution in [1.82, 2.24) is 0 Å². The molecule has 0 aliphatic heterocycles. The summed E-state index contributed by atoms with van der Waals surface area (Å²) in [5.41, 5.74) is 2.35. The zero-order valence-corrected chi connectivity index (χ0v) is 16.8. The molecule has 0 atom stereocenters. The van der Waals surface area contributed by atoms with Gasteiger partial charge in [0.05, 0.1) is 0 Å².